The van der Waals surface area contributed by atoms with Crippen LogP contribution in [-0.4, -0.2) is 18.6 Å². The number of nitrogen functional groups attached to an aromatic ring is 1. The Morgan fingerprint density at radius 2 is 2.20 bits per heavy atom. The predicted octanol–water partition coefficient (Wildman–Crippen LogP) is -0.122. The highest BCUT2D eigenvalue weighted by Crippen LogP contribution is 2.05. The molecule has 0 bridgehead atoms. The van der Waals surface area contributed by atoms with Crippen molar-refractivity contribution in [3.63, 3.8) is 0 Å². The summed E-state index contributed by atoms with van der Waals surface area (Å²) in [6.45, 7) is 0. The van der Waals surface area contributed by atoms with Gasteiger partial charge in [0.25, 0.3) is 0 Å². The van der Waals surface area contributed by atoms with Crippen molar-refractivity contribution in [2.24, 2.45) is 0 Å². The Balaban J connectivity index is 3.32. The van der Waals surface area contributed by atoms with Gasteiger partial charge in [-0.2, -0.15) is 0 Å². The van der Waals surface area contributed by atoms with Crippen molar-refractivity contribution < 1.29 is 8.42 Å². The first-order valence-corrected chi connectivity index (χ1v) is 4.50. The molecular weight excluding hydrogens is 152 g/mol. The van der Waals surface area contributed by atoms with Crippen LogP contribution in [0.25, 0.3) is 0 Å². The third kappa shape index (κ3) is 1.13. The molecule has 1 rings (SSSR count). The van der Waals surface area contributed by atoms with Crippen LogP contribution >= 0.6 is 0 Å². The zero-order valence-corrected chi connectivity index (χ0v) is 6.30. The zero-order valence-electron chi connectivity index (χ0n) is 5.48. The molecule has 4 nitrogen and oxygen atoms in total. The largest absolute Gasteiger partial charge is 0.384 e. The average Bonchev–Trinajstić information content (AvgIpc) is 2.11. The molecule has 2 N–H and O–H groups in total. The van der Waals surface area contributed by atoms with Crippen LogP contribution in [-0.2, 0) is 10.0 Å². The number of hydrogen-bond donors (Lipinski definition) is 1. The quantitative estimate of drug-likeness (QED) is 0.622. The highest BCUT2D eigenvalue weighted by molar-refractivity contribution is 7.89. The molecule has 1 aromatic rings. The number of hydrogen-bond acceptors (Lipinski definition) is 3. The van der Waals surface area contributed by atoms with Crippen LogP contribution in [0, 0.1) is 0 Å². The third-order valence-electron chi connectivity index (χ3n) is 1.10. The van der Waals surface area contributed by atoms with Crippen LogP contribution in [0.1, 0.15) is 0 Å². The van der Waals surface area contributed by atoms with Gasteiger partial charge in [-0.3, -0.25) is 0 Å². The van der Waals surface area contributed by atoms with E-state index in [0.717, 1.165) is 10.2 Å². The van der Waals surface area contributed by atoms with Crippen LogP contribution in [0.3, 0.4) is 0 Å². The molecule has 5 heteroatoms. The van der Waals surface area contributed by atoms with Crippen molar-refractivity contribution in [2.75, 3.05) is 12.0 Å². The summed E-state index contributed by atoms with van der Waals surface area (Å²) in [6.07, 6.45) is 2.51. The lowest BCUT2D eigenvalue weighted by Crippen LogP contribution is -2.11. The Morgan fingerprint density at radius 1 is 1.60 bits per heavy atom. The van der Waals surface area contributed by atoms with Crippen molar-refractivity contribution in [2.45, 2.75) is 0 Å². The SMILES string of the molecule is CS(=O)(=O)n1cccc1N. The third-order valence-corrected chi connectivity index (χ3v) is 2.15. The first-order chi connectivity index (χ1) is 4.52. The van der Waals surface area contributed by atoms with Gasteiger partial charge in [-0.25, -0.2) is 12.4 Å². The standard InChI is InChI=1S/C5H8N2O2S/c1-10(8,9)7-4-2-3-5(7)6/h2-4H,6H2,1H3. The summed E-state index contributed by atoms with van der Waals surface area (Å²) < 4.78 is 22.6. The van der Waals surface area contributed by atoms with E-state index in [1.807, 2.05) is 0 Å². The smallest absolute Gasteiger partial charge is 0.237 e. The summed E-state index contributed by atoms with van der Waals surface area (Å²) in [5.41, 5.74) is 5.31. The molecule has 0 saturated carbocycles. The molecule has 1 heterocycles. The second-order valence-electron chi connectivity index (χ2n) is 1.99. The van der Waals surface area contributed by atoms with Gasteiger partial charge < -0.3 is 5.73 Å². The van der Waals surface area contributed by atoms with E-state index in [9.17, 15) is 8.42 Å². The minimum absolute atomic E-state index is 0.238. The van der Waals surface area contributed by atoms with Gasteiger partial charge in [-0.1, -0.05) is 0 Å². The second kappa shape index (κ2) is 2.02. The maximum Gasteiger partial charge on any atom is 0.237 e. The van der Waals surface area contributed by atoms with Crippen LogP contribution in [0.5, 0.6) is 0 Å². The molecule has 0 aliphatic heterocycles. The molecule has 0 aliphatic rings. The Bertz CT molecular complexity index is 325. The van der Waals surface area contributed by atoms with Crippen LogP contribution < -0.4 is 5.73 Å². The highest BCUT2D eigenvalue weighted by atomic mass is 32.2. The van der Waals surface area contributed by atoms with Gasteiger partial charge in [0, 0.05) is 6.20 Å². The van der Waals surface area contributed by atoms with Gasteiger partial charge in [0.15, 0.2) is 0 Å². The Labute approximate surface area is 59.3 Å². The van der Waals surface area contributed by atoms with E-state index >= 15 is 0 Å². The Kier molecular flexibility index (Phi) is 1.44. The van der Waals surface area contributed by atoms with Gasteiger partial charge in [0.05, 0.1) is 6.26 Å². The maximum atomic E-state index is 10.8. The lowest BCUT2D eigenvalue weighted by molar-refractivity contribution is 0.594. The lowest BCUT2D eigenvalue weighted by atomic mass is 10.6. The van der Waals surface area contributed by atoms with Gasteiger partial charge in [0.2, 0.25) is 10.0 Å². The molecule has 1 aromatic heterocycles. The van der Waals surface area contributed by atoms with E-state index in [2.05, 4.69) is 0 Å². The summed E-state index contributed by atoms with van der Waals surface area (Å²) in [4.78, 5) is 0. The summed E-state index contributed by atoms with van der Waals surface area (Å²) in [5.74, 6) is 0.238. The minimum Gasteiger partial charge on any atom is -0.384 e. The average molecular weight is 160 g/mol. The predicted molar refractivity (Wildman–Crippen MR) is 39.1 cm³/mol. The molecule has 0 aliphatic carbocycles. The first-order valence-electron chi connectivity index (χ1n) is 2.65. The van der Waals surface area contributed by atoms with Crippen LogP contribution in [0.15, 0.2) is 18.3 Å². The molecule has 0 aromatic carbocycles. The fraction of sp³-hybridized carbons (Fsp3) is 0.200. The molecule has 0 amide bonds. The molecule has 0 unspecified atom stereocenters. The fourth-order valence-electron chi connectivity index (χ4n) is 0.681. The van der Waals surface area contributed by atoms with E-state index in [1.165, 1.54) is 12.3 Å². The molecule has 0 atom stereocenters. The lowest BCUT2D eigenvalue weighted by Gasteiger charge is -1.99. The molecule has 0 saturated heterocycles. The van der Waals surface area contributed by atoms with Gasteiger partial charge in [0.1, 0.15) is 5.82 Å². The van der Waals surface area contributed by atoms with E-state index in [1.54, 1.807) is 6.07 Å². The fourth-order valence-corrected chi connectivity index (χ4v) is 1.42. The molecule has 0 spiro atoms. The van der Waals surface area contributed by atoms with Crippen molar-refractivity contribution in [3.05, 3.63) is 18.3 Å². The van der Waals surface area contributed by atoms with Gasteiger partial charge in [-0.05, 0) is 12.1 Å². The molecule has 10 heavy (non-hydrogen) atoms. The molecule has 56 valence electrons. The van der Waals surface area contributed by atoms with E-state index in [0.29, 0.717) is 0 Å². The van der Waals surface area contributed by atoms with Crippen molar-refractivity contribution in [3.8, 4) is 0 Å². The Hall–Kier alpha value is -0.970. The first kappa shape index (κ1) is 7.14. The topological polar surface area (TPSA) is 65.1 Å². The molecular formula is C5H8N2O2S. The van der Waals surface area contributed by atoms with Gasteiger partial charge >= 0.3 is 0 Å². The van der Waals surface area contributed by atoms with E-state index < -0.39 is 10.0 Å². The second-order valence-corrected chi connectivity index (χ2v) is 3.85. The number of nitrogens with two attached hydrogens (primary N) is 1. The number of rotatable bonds is 1. The zero-order chi connectivity index (χ0) is 7.78. The van der Waals surface area contributed by atoms with Gasteiger partial charge in [-0.15, -0.1) is 0 Å². The Morgan fingerprint density at radius 3 is 2.40 bits per heavy atom. The van der Waals surface area contributed by atoms with Crippen molar-refractivity contribution in [1.82, 2.24) is 3.97 Å². The van der Waals surface area contributed by atoms with Crippen LogP contribution in [0.2, 0.25) is 0 Å². The molecule has 0 radical (unpaired) electrons. The van der Waals surface area contributed by atoms with Crippen LogP contribution in [0.4, 0.5) is 5.82 Å². The number of aromatic nitrogens is 1. The number of nitrogens with zero attached hydrogens (tertiary/aromatic N) is 1. The highest BCUT2D eigenvalue weighted by Gasteiger charge is 2.05. The summed E-state index contributed by atoms with van der Waals surface area (Å²) in [7, 11) is -3.20. The monoisotopic (exact) mass is 160 g/mol. The molecule has 0 fully saturated rings. The summed E-state index contributed by atoms with van der Waals surface area (Å²) >= 11 is 0. The maximum absolute atomic E-state index is 10.8. The summed E-state index contributed by atoms with van der Waals surface area (Å²) in [6, 6.07) is 3.11. The van der Waals surface area contributed by atoms with Crippen molar-refractivity contribution >= 4 is 15.8 Å². The minimum atomic E-state index is -3.20. The summed E-state index contributed by atoms with van der Waals surface area (Å²) in [5, 5.41) is 0. The van der Waals surface area contributed by atoms with E-state index in [-0.39, 0.29) is 5.82 Å². The van der Waals surface area contributed by atoms with E-state index in [4.69, 9.17) is 5.73 Å². The number of anilines is 1. The normalized spacial score (nSPS) is 11.7. The van der Waals surface area contributed by atoms with Crippen molar-refractivity contribution in [1.29, 1.82) is 0 Å².